The quantitative estimate of drug-likeness (QED) is 0.795. The number of phenols is 1. The highest BCUT2D eigenvalue weighted by molar-refractivity contribution is 5.86. The van der Waals surface area contributed by atoms with Gasteiger partial charge in [0.15, 0.2) is 17.1 Å². The van der Waals surface area contributed by atoms with E-state index in [-0.39, 0.29) is 16.9 Å². The summed E-state index contributed by atoms with van der Waals surface area (Å²) in [4.78, 5) is 11.2. The van der Waals surface area contributed by atoms with Crippen LogP contribution in [0.2, 0.25) is 0 Å². The molecule has 5 heteroatoms. The second-order valence-corrected chi connectivity index (χ2v) is 4.50. The van der Waals surface area contributed by atoms with Crippen LogP contribution in [0.25, 0.3) is 11.0 Å². The van der Waals surface area contributed by atoms with Gasteiger partial charge in [0, 0.05) is 17.0 Å². The lowest BCUT2D eigenvalue weighted by atomic mass is 9.94. The fraction of sp³-hybridized carbons (Fsp3) is 0.308. The maximum absolute atomic E-state index is 13.9. The zero-order chi connectivity index (χ0) is 13.6. The summed E-state index contributed by atoms with van der Waals surface area (Å²) in [6.45, 7) is 4.99. The van der Waals surface area contributed by atoms with E-state index in [4.69, 9.17) is 4.42 Å². The van der Waals surface area contributed by atoms with Crippen molar-refractivity contribution in [1.29, 1.82) is 0 Å². The van der Waals surface area contributed by atoms with Gasteiger partial charge in [-0.25, -0.2) is 9.18 Å². The van der Waals surface area contributed by atoms with Crippen molar-refractivity contribution in [2.45, 2.75) is 26.7 Å². The summed E-state index contributed by atoms with van der Waals surface area (Å²) in [6.07, 6.45) is 0. The van der Waals surface area contributed by atoms with Crippen LogP contribution >= 0.6 is 0 Å². The van der Waals surface area contributed by atoms with Crippen LogP contribution in [0.5, 0.6) is 5.75 Å². The van der Waals surface area contributed by atoms with Crippen molar-refractivity contribution in [1.82, 2.24) is 0 Å². The summed E-state index contributed by atoms with van der Waals surface area (Å²) in [5, 5.41) is 9.61. The summed E-state index contributed by atoms with van der Waals surface area (Å²) >= 11 is 0. The minimum Gasteiger partial charge on any atom is -0.503 e. The number of rotatable bonds is 1. The molecule has 0 saturated heterocycles. The predicted octanol–water partition coefficient (Wildman–Crippen LogP) is 3.21. The molecule has 96 valence electrons. The predicted molar refractivity (Wildman–Crippen MR) is 62.9 cm³/mol. The largest absolute Gasteiger partial charge is 0.503 e. The Balaban J connectivity index is 3.12. The van der Waals surface area contributed by atoms with Gasteiger partial charge in [0.05, 0.1) is 0 Å². The fourth-order valence-corrected chi connectivity index (χ4v) is 2.08. The van der Waals surface area contributed by atoms with E-state index in [9.17, 15) is 18.7 Å². The van der Waals surface area contributed by atoms with Gasteiger partial charge in [0.2, 0.25) is 5.82 Å². The molecule has 18 heavy (non-hydrogen) atoms. The van der Waals surface area contributed by atoms with Gasteiger partial charge in [-0.05, 0) is 18.4 Å². The molecule has 0 spiro atoms. The van der Waals surface area contributed by atoms with Crippen LogP contribution in [-0.4, -0.2) is 5.11 Å². The molecule has 0 fully saturated rings. The lowest BCUT2D eigenvalue weighted by Crippen LogP contribution is -2.05. The minimum absolute atomic E-state index is 0.144. The Kier molecular flexibility index (Phi) is 2.84. The molecule has 0 aliphatic rings. The highest BCUT2D eigenvalue weighted by Gasteiger charge is 2.24. The van der Waals surface area contributed by atoms with E-state index in [1.807, 2.05) is 0 Å². The Labute approximate surface area is 102 Å². The van der Waals surface area contributed by atoms with Crippen LogP contribution in [0.15, 0.2) is 15.3 Å². The first kappa shape index (κ1) is 12.5. The molecule has 2 aromatic rings. The molecule has 0 atom stereocenters. The Morgan fingerprint density at radius 2 is 1.89 bits per heavy atom. The third kappa shape index (κ3) is 1.66. The third-order valence-electron chi connectivity index (χ3n) is 2.86. The van der Waals surface area contributed by atoms with E-state index in [1.54, 1.807) is 20.8 Å². The van der Waals surface area contributed by atoms with Gasteiger partial charge >= 0.3 is 5.63 Å². The standard InChI is InChI=1S/C13H12F2O3/c1-5(2)8-9-6(3)4-7(16)18-13(9)11(15)12(17)10(8)14/h4-5,17H,1-3H3. The van der Waals surface area contributed by atoms with Crippen LogP contribution in [0.3, 0.4) is 0 Å². The molecule has 0 amide bonds. The van der Waals surface area contributed by atoms with Gasteiger partial charge < -0.3 is 9.52 Å². The second-order valence-electron chi connectivity index (χ2n) is 4.50. The van der Waals surface area contributed by atoms with Gasteiger partial charge in [0.1, 0.15) is 0 Å². The summed E-state index contributed by atoms with van der Waals surface area (Å²) in [7, 11) is 0. The molecule has 0 aliphatic heterocycles. The van der Waals surface area contributed by atoms with Gasteiger partial charge in [0.25, 0.3) is 0 Å². The molecule has 0 aliphatic carbocycles. The van der Waals surface area contributed by atoms with Crippen molar-refractivity contribution in [3.05, 3.63) is 39.2 Å². The van der Waals surface area contributed by atoms with Gasteiger partial charge in [-0.15, -0.1) is 0 Å². The first-order valence-electron chi connectivity index (χ1n) is 5.48. The molecule has 0 bridgehead atoms. The minimum atomic E-state index is -1.24. The summed E-state index contributed by atoms with van der Waals surface area (Å²) in [5.74, 6) is -3.65. The molecule has 1 heterocycles. The van der Waals surface area contributed by atoms with Gasteiger partial charge in [-0.3, -0.25) is 0 Å². The lowest BCUT2D eigenvalue weighted by Gasteiger charge is -2.14. The smallest absolute Gasteiger partial charge is 0.336 e. The summed E-state index contributed by atoms with van der Waals surface area (Å²) in [6, 6.07) is 1.17. The topological polar surface area (TPSA) is 50.4 Å². The van der Waals surface area contributed by atoms with Crippen LogP contribution in [0, 0.1) is 18.6 Å². The average molecular weight is 254 g/mol. The molecular formula is C13H12F2O3. The average Bonchev–Trinajstić information content (AvgIpc) is 2.27. The Morgan fingerprint density at radius 3 is 2.44 bits per heavy atom. The fourth-order valence-electron chi connectivity index (χ4n) is 2.08. The van der Waals surface area contributed by atoms with E-state index in [1.165, 1.54) is 6.07 Å². The summed E-state index contributed by atoms with van der Waals surface area (Å²) in [5.41, 5.74) is -0.574. The molecular weight excluding hydrogens is 242 g/mol. The van der Waals surface area contributed by atoms with E-state index in [2.05, 4.69) is 0 Å². The molecule has 2 rings (SSSR count). The molecule has 0 radical (unpaired) electrons. The van der Waals surface area contributed by atoms with Crippen molar-refractivity contribution >= 4 is 11.0 Å². The molecule has 1 N–H and O–H groups in total. The summed E-state index contributed by atoms with van der Waals surface area (Å²) < 4.78 is 32.4. The van der Waals surface area contributed by atoms with Crippen molar-refractivity contribution in [2.24, 2.45) is 0 Å². The number of phenolic OH excluding ortho intramolecular Hbond substituents is 1. The van der Waals surface area contributed by atoms with E-state index in [0.29, 0.717) is 5.56 Å². The van der Waals surface area contributed by atoms with E-state index in [0.717, 1.165) is 0 Å². The molecule has 1 aromatic carbocycles. The number of hydrogen-bond acceptors (Lipinski definition) is 3. The Bertz CT molecular complexity index is 687. The monoisotopic (exact) mass is 254 g/mol. The van der Waals surface area contributed by atoms with Crippen LogP contribution in [-0.2, 0) is 0 Å². The van der Waals surface area contributed by atoms with Crippen molar-refractivity contribution in [3.8, 4) is 5.75 Å². The van der Waals surface area contributed by atoms with Crippen LogP contribution in [0.4, 0.5) is 8.78 Å². The number of benzene rings is 1. The van der Waals surface area contributed by atoms with Gasteiger partial charge in [-0.1, -0.05) is 13.8 Å². The van der Waals surface area contributed by atoms with Crippen molar-refractivity contribution in [3.63, 3.8) is 0 Å². The third-order valence-corrected chi connectivity index (χ3v) is 2.86. The number of halogens is 2. The van der Waals surface area contributed by atoms with Crippen LogP contribution < -0.4 is 5.63 Å². The Hall–Kier alpha value is -1.91. The number of aryl methyl sites for hydroxylation is 1. The maximum Gasteiger partial charge on any atom is 0.336 e. The van der Waals surface area contributed by atoms with Crippen molar-refractivity contribution in [2.75, 3.05) is 0 Å². The van der Waals surface area contributed by atoms with Crippen molar-refractivity contribution < 1.29 is 18.3 Å². The van der Waals surface area contributed by atoms with E-state index < -0.39 is 28.6 Å². The number of hydrogen-bond donors (Lipinski definition) is 1. The maximum atomic E-state index is 13.9. The molecule has 1 aromatic heterocycles. The first-order valence-corrected chi connectivity index (χ1v) is 5.48. The second kappa shape index (κ2) is 4.08. The SMILES string of the molecule is Cc1cc(=O)oc2c(F)c(O)c(F)c(C(C)C)c12. The normalized spacial score (nSPS) is 11.4. The first-order chi connectivity index (χ1) is 8.34. The zero-order valence-electron chi connectivity index (χ0n) is 10.2. The highest BCUT2D eigenvalue weighted by atomic mass is 19.1. The van der Waals surface area contributed by atoms with Gasteiger partial charge in [-0.2, -0.15) is 4.39 Å². The van der Waals surface area contributed by atoms with E-state index >= 15 is 0 Å². The molecule has 0 unspecified atom stereocenters. The zero-order valence-corrected chi connectivity index (χ0v) is 10.2. The Morgan fingerprint density at radius 1 is 1.28 bits per heavy atom. The molecule has 3 nitrogen and oxygen atoms in total. The van der Waals surface area contributed by atoms with Crippen LogP contribution in [0.1, 0.15) is 30.9 Å². The highest BCUT2D eigenvalue weighted by Crippen LogP contribution is 2.37. The number of aromatic hydroxyl groups is 1. The number of fused-ring (bicyclic) bond motifs is 1. The molecule has 0 saturated carbocycles. The lowest BCUT2D eigenvalue weighted by molar-refractivity contribution is 0.388.